The maximum Gasteiger partial charge on any atom is 0.418 e. The molecule has 1 heterocycles. The number of aryl methyl sites for hydroxylation is 1. The van der Waals surface area contributed by atoms with Crippen molar-refractivity contribution in [2.24, 2.45) is 5.92 Å². The molecule has 3 nitrogen and oxygen atoms in total. The quantitative estimate of drug-likeness (QED) is 0.667. The second kappa shape index (κ2) is 5.32. The largest absolute Gasteiger partial charge is 0.418 e. The van der Waals surface area contributed by atoms with Crippen LogP contribution in [0.2, 0.25) is 0 Å². The van der Waals surface area contributed by atoms with Crippen molar-refractivity contribution in [3.63, 3.8) is 0 Å². The van der Waals surface area contributed by atoms with Crippen LogP contribution in [0.15, 0.2) is 23.9 Å². The van der Waals surface area contributed by atoms with Crippen LogP contribution < -0.4 is 0 Å². The molecule has 1 aromatic heterocycles. The van der Waals surface area contributed by atoms with Crippen molar-refractivity contribution in [1.82, 2.24) is 9.78 Å². The van der Waals surface area contributed by atoms with Gasteiger partial charge in [0.25, 0.3) is 0 Å². The van der Waals surface area contributed by atoms with E-state index in [0.717, 1.165) is 0 Å². The lowest BCUT2D eigenvalue weighted by Crippen LogP contribution is -2.43. The highest BCUT2D eigenvalue weighted by molar-refractivity contribution is 6.24. The monoisotopic (exact) mass is 322 g/mol. The van der Waals surface area contributed by atoms with E-state index in [1.54, 1.807) is 33.0 Å². The van der Waals surface area contributed by atoms with Crippen LogP contribution in [0.1, 0.15) is 32.0 Å². The molecule has 0 radical (unpaired) electrons. The summed E-state index contributed by atoms with van der Waals surface area (Å²) in [6.07, 6.45) is -3.92. The topological polar surface area (TPSA) is 38.0 Å². The number of alkyl halides is 4. The predicted molar refractivity (Wildman–Crippen MR) is 74.2 cm³/mol. The van der Waals surface area contributed by atoms with Crippen LogP contribution in [0.5, 0.6) is 0 Å². The molecular formula is C14H18ClF3N2O. The fraction of sp³-hybridized carbons (Fsp3) is 0.643. The number of aromatic nitrogens is 2. The first-order chi connectivity index (χ1) is 9.54. The molecular weight excluding hydrogens is 305 g/mol. The molecule has 0 bridgehead atoms. The first kappa shape index (κ1) is 16.4. The van der Waals surface area contributed by atoms with Crippen molar-refractivity contribution in [3.05, 3.63) is 29.6 Å². The van der Waals surface area contributed by atoms with Crippen LogP contribution in [0.4, 0.5) is 13.2 Å². The summed E-state index contributed by atoms with van der Waals surface area (Å²) in [7, 11) is 0. The SMILES string of the molecule is Cc1ccn(C2C(C(O)C(F)(F)F)=CCC(C)(Cl)C2C)n1. The molecule has 0 fully saturated rings. The minimum atomic E-state index is -4.70. The van der Waals surface area contributed by atoms with Gasteiger partial charge in [0, 0.05) is 12.1 Å². The summed E-state index contributed by atoms with van der Waals surface area (Å²) in [5.41, 5.74) is 0.612. The van der Waals surface area contributed by atoms with Crippen molar-refractivity contribution in [2.75, 3.05) is 0 Å². The van der Waals surface area contributed by atoms with E-state index in [9.17, 15) is 18.3 Å². The molecule has 0 aliphatic heterocycles. The van der Waals surface area contributed by atoms with Gasteiger partial charge in [0.2, 0.25) is 0 Å². The first-order valence-corrected chi connectivity index (χ1v) is 7.07. The van der Waals surface area contributed by atoms with Crippen LogP contribution in [-0.2, 0) is 0 Å². The molecule has 0 aromatic carbocycles. The average Bonchev–Trinajstić information content (AvgIpc) is 2.77. The van der Waals surface area contributed by atoms with E-state index in [1.165, 1.54) is 10.8 Å². The third-order valence-corrected chi connectivity index (χ3v) is 4.65. The van der Waals surface area contributed by atoms with Crippen LogP contribution >= 0.6 is 11.6 Å². The zero-order chi connectivity index (χ0) is 16.0. The van der Waals surface area contributed by atoms with Gasteiger partial charge >= 0.3 is 6.18 Å². The van der Waals surface area contributed by atoms with Crippen LogP contribution in [0, 0.1) is 12.8 Å². The maximum absolute atomic E-state index is 12.9. The Morgan fingerprint density at radius 2 is 2.14 bits per heavy atom. The second-order valence-corrected chi connectivity index (χ2v) is 6.66. The highest BCUT2D eigenvalue weighted by Gasteiger charge is 2.49. The summed E-state index contributed by atoms with van der Waals surface area (Å²) in [5.74, 6) is -0.310. The highest BCUT2D eigenvalue weighted by atomic mass is 35.5. The third kappa shape index (κ3) is 3.11. The van der Waals surface area contributed by atoms with Crippen molar-refractivity contribution in [3.8, 4) is 0 Å². The summed E-state index contributed by atoms with van der Waals surface area (Å²) in [6.45, 7) is 5.33. The molecule has 0 spiro atoms. The summed E-state index contributed by atoms with van der Waals surface area (Å²) >= 11 is 6.41. The second-order valence-electron chi connectivity index (χ2n) is 5.80. The van der Waals surface area contributed by atoms with Gasteiger partial charge in [-0.3, -0.25) is 4.68 Å². The van der Waals surface area contributed by atoms with Crippen LogP contribution in [-0.4, -0.2) is 32.0 Å². The Bertz CT molecular complexity index is 551. The molecule has 1 N–H and O–H groups in total. The lowest BCUT2D eigenvalue weighted by atomic mass is 9.75. The van der Waals surface area contributed by atoms with Gasteiger partial charge in [-0.25, -0.2) is 0 Å². The van der Waals surface area contributed by atoms with E-state index < -0.39 is 23.2 Å². The molecule has 4 unspecified atom stereocenters. The maximum atomic E-state index is 12.9. The van der Waals surface area contributed by atoms with Gasteiger partial charge in [0.15, 0.2) is 6.10 Å². The van der Waals surface area contributed by atoms with E-state index in [-0.39, 0.29) is 17.9 Å². The smallest absolute Gasteiger partial charge is 0.379 e. The van der Waals surface area contributed by atoms with Gasteiger partial charge < -0.3 is 5.11 Å². The van der Waals surface area contributed by atoms with E-state index in [1.807, 2.05) is 0 Å². The minimum Gasteiger partial charge on any atom is -0.379 e. The van der Waals surface area contributed by atoms with Crippen LogP contribution in [0.25, 0.3) is 0 Å². The summed E-state index contributed by atoms with van der Waals surface area (Å²) in [6, 6.07) is 0.997. The van der Waals surface area contributed by atoms with E-state index in [2.05, 4.69) is 5.10 Å². The zero-order valence-corrected chi connectivity index (χ0v) is 12.8. The van der Waals surface area contributed by atoms with Crippen molar-refractivity contribution in [1.29, 1.82) is 0 Å². The van der Waals surface area contributed by atoms with E-state index in [4.69, 9.17) is 11.6 Å². The Balaban J connectivity index is 2.48. The molecule has 2 rings (SSSR count). The number of hydrogen-bond donors (Lipinski definition) is 1. The van der Waals surface area contributed by atoms with Gasteiger partial charge in [-0.1, -0.05) is 13.0 Å². The molecule has 1 aliphatic carbocycles. The Morgan fingerprint density at radius 3 is 2.62 bits per heavy atom. The van der Waals surface area contributed by atoms with E-state index >= 15 is 0 Å². The zero-order valence-electron chi connectivity index (χ0n) is 12.0. The molecule has 1 aromatic rings. The number of hydrogen-bond acceptors (Lipinski definition) is 2. The van der Waals surface area contributed by atoms with Crippen molar-refractivity contribution < 1.29 is 18.3 Å². The lowest BCUT2D eigenvalue weighted by molar-refractivity contribution is -0.194. The molecule has 0 saturated heterocycles. The lowest BCUT2D eigenvalue weighted by Gasteiger charge is -2.41. The van der Waals surface area contributed by atoms with Crippen LogP contribution in [0.3, 0.4) is 0 Å². The van der Waals surface area contributed by atoms with Crippen molar-refractivity contribution >= 4 is 11.6 Å². The fourth-order valence-electron chi connectivity index (χ4n) is 2.67. The number of nitrogens with zero attached hydrogens (tertiary/aromatic N) is 2. The Labute approximate surface area is 126 Å². The normalized spacial score (nSPS) is 31.9. The first-order valence-electron chi connectivity index (χ1n) is 6.69. The predicted octanol–water partition coefficient (Wildman–Crippen LogP) is 3.62. The summed E-state index contributed by atoms with van der Waals surface area (Å²) in [5, 5.41) is 13.9. The summed E-state index contributed by atoms with van der Waals surface area (Å²) < 4.78 is 40.1. The number of rotatable bonds is 2. The number of allylic oxidation sites excluding steroid dienone is 1. The molecule has 0 saturated carbocycles. The standard InChI is InChI=1S/C14H18ClF3N2O/c1-8-5-7-20(19-8)11-9(2)13(3,15)6-4-10(11)12(21)14(16,17)18/h4-5,7,9,11-12,21H,6H2,1-3H3. The van der Waals surface area contributed by atoms with Gasteiger partial charge in [0.05, 0.1) is 16.6 Å². The molecule has 7 heteroatoms. The van der Waals surface area contributed by atoms with Gasteiger partial charge in [-0.2, -0.15) is 18.3 Å². The van der Waals surface area contributed by atoms with Gasteiger partial charge in [-0.05, 0) is 31.9 Å². The summed E-state index contributed by atoms with van der Waals surface area (Å²) in [4.78, 5) is -0.681. The molecule has 4 atom stereocenters. The van der Waals surface area contributed by atoms with E-state index in [0.29, 0.717) is 5.69 Å². The minimum absolute atomic E-state index is 0.0868. The number of halogens is 4. The Hall–Kier alpha value is -1.01. The molecule has 118 valence electrons. The van der Waals surface area contributed by atoms with Gasteiger partial charge in [0.1, 0.15) is 0 Å². The molecule has 21 heavy (non-hydrogen) atoms. The van der Waals surface area contributed by atoms with Gasteiger partial charge in [-0.15, -0.1) is 11.6 Å². The fourth-order valence-corrected chi connectivity index (χ4v) is 2.87. The third-order valence-electron chi connectivity index (χ3n) is 4.15. The molecule has 1 aliphatic rings. The Kier molecular flexibility index (Phi) is 4.14. The molecule has 0 amide bonds. The number of aliphatic hydroxyl groups excluding tert-OH is 1. The number of aliphatic hydroxyl groups is 1. The average molecular weight is 323 g/mol. The Morgan fingerprint density at radius 1 is 1.52 bits per heavy atom. The highest BCUT2D eigenvalue weighted by Crippen LogP contribution is 2.47. The van der Waals surface area contributed by atoms with Crippen molar-refractivity contribution in [2.45, 2.75) is 50.4 Å².